The molecule has 0 aliphatic heterocycles. The van der Waals surface area contributed by atoms with Gasteiger partial charge in [-0.25, -0.2) is 13.2 Å². The quantitative estimate of drug-likeness (QED) is 0.585. The zero-order chi connectivity index (χ0) is 19.4. The molecule has 0 fully saturated rings. The van der Waals surface area contributed by atoms with Crippen LogP contribution in [0.25, 0.3) is 0 Å². The van der Waals surface area contributed by atoms with Gasteiger partial charge in [0.05, 0.1) is 5.25 Å². The van der Waals surface area contributed by atoms with Crippen molar-refractivity contribution in [3.05, 3.63) is 76.4 Å². The minimum Gasteiger partial charge on any atom is -0.364 e. The van der Waals surface area contributed by atoms with Gasteiger partial charge in [-0.3, -0.25) is 9.78 Å². The molecule has 0 aliphatic rings. The molecule has 2 rings (SSSR count). The number of carbonyl (C=O) groups is 1. The Hall–Kier alpha value is -2.42. The second kappa shape index (κ2) is 8.31. The standard InChI is InChI=1S/C17H13F5N2OS/c1-8-6-12(17(23)25)24-7-9(8)16(26-5-4-13(20)21)14-10(18)2-3-11(19)15(14)22/h2-4,6-7,16H,5H2,1H3,(H2,23,25). The maximum Gasteiger partial charge on any atom is 0.267 e. The van der Waals surface area contributed by atoms with Gasteiger partial charge in [-0.2, -0.15) is 8.78 Å². The van der Waals surface area contributed by atoms with Crippen molar-refractivity contribution in [3.8, 4) is 0 Å². The zero-order valence-corrected chi connectivity index (χ0v) is 14.2. The molecule has 0 spiro atoms. The fourth-order valence-corrected chi connectivity index (χ4v) is 3.52. The molecule has 26 heavy (non-hydrogen) atoms. The molecule has 0 radical (unpaired) electrons. The van der Waals surface area contributed by atoms with Crippen LogP contribution >= 0.6 is 11.8 Å². The Morgan fingerprint density at radius 1 is 1.27 bits per heavy atom. The van der Waals surface area contributed by atoms with Crippen LogP contribution < -0.4 is 5.73 Å². The Balaban J connectivity index is 2.57. The van der Waals surface area contributed by atoms with E-state index in [4.69, 9.17) is 5.73 Å². The first kappa shape index (κ1) is 19.9. The monoisotopic (exact) mass is 388 g/mol. The highest BCUT2D eigenvalue weighted by atomic mass is 32.2. The number of nitrogens with two attached hydrogens (primary N) is 1. The first-order chi connectivity index (χ1) is 12.2. The van der Waals surface area contributed by atoms with Gasteiger partial charge < -0.3 is 5.73 Å². The summed E-state index contributed by atoms with van der Waals surface area (Å²) in [6, 6.07) is 2.71. The lowest BCUT2D eigenvalue weighted by atomic mass is 10.00. The van der Waals surface area contributed by atoms with Gasteiger partial charge in [0.1, 0.15) is 11.5 Å². The highest BCUT2D eigenvalue weighted by Gasteiger charge is 2.26. The van der Waals surface area contributed by atoms with E-state index in [1.165, 1.54) is 19.2 Å². The fraction of sp³-hybridized carbons (Fsp3) is 0.176. The van der Waals surface area contributed by atoms with Crippen molar-refractivity contribution in [1.29, 1.82) is 0 Å². The molecule has 0 saturated heterocycles. The van der Waals surface area contributed by atoms with Crippen molar-refractivity contribution in [3.63, 3.8) is 0 Å². The third-order valence-corrected chi connectivity index (χ3v) is 4.71. The van der Waals surface area contributed by atoms with E-state index in [1.807, 2.05) is 0 Å². The summed E-state index contributed by atoms with van der Waals surface area (Å²) >= 11 is 0.762. The molecule has 3 nitrogen and oxygen atoms in total. The van der Waals surface area contributed by atoms with Crippen LogP contribution in [-0.2, 0) is 0 Å². The molecule has 1 amide bonds. The Bertz CT molecular complexity index is 868. The second-order valence-corrected chi connectivity index (χ2v) is 6.39. The van der Waals surface area contributed by atoms with E-state index in [0.717, 1.165) is 17.8 Å². The average molecular weight is 388 g/mol. The largest absolute Gasteiger partial charge is 0.364 e. The lowest BCUT2D eigenvalue weighted by Gasteiger charge is -2.20. The van der Waals surface area contributed by atoms with Gasteiger partial charge in [-0.05, 0) is 42.3 Å². The number of pyridine rings is 1. The van der Waals surface area contributed by atoms with Crippen molar-refractivity contribution in [2.75, 3.05) is 5.75 Å². The summed E-state index contributed by atoms with van der Waals surface area (Å²) < 4.78 is 66.7. The topological polar surface area (TPSA) is 56.0 Å². The van der Waals surface area contributed by atoms with Crippen molar-refractivity contribution in [1.82, 2.24) is 4.98 Å². The zero-order valence-electron chi connectivity index (χ0n) is 13.4. The molecule has 2 aromatic rings. The van der Waals surface area contributed by atoms with E-state index >= 15 is 0 Å². The lowest BCUT2D eigenvalue weighted by molar-refractivity contribution is 0.0995. The number of hydrogen-bond donors (Lipinski definition) is 1. The smallest absolute Gasteiger partial charge is 0.267 e. The lowest BCUT2D eigenvalue weighted by Crippen LogP contribution is -2.15. The van der Waals surface area contributed by atoms with Gasteiger partial charge >= 0.3 is 0 Å². The summed E-state index contributed by atoms with van der Waals surface area (Å²) in [5.41, 5.74) is 5.11. The maximum atomic E-state index is 14.2. The second-order valence-electron chi connectivity index (χ2n) is 5.25. The van der Waals surface area contributed by atoms with Crippen molar-refractivity contribution in [2.24, 2.45) is 5.73 Å². The molecular formula is C17H13F5N2OS. The van der Waals surface area contributed by atoms with Crippen LogP contribution in [0.1, 0.15) is 32.4 Å². The maximum absolute atomic E-state index is 14.2. The van der Waals surface area contributed by atoms with Crippen LogP contribution in [-0.4, -0.2) is 16.6 Å². The predicted octanol–water partition coefficient (Wildman–Crippen LogP) is 4.51. The number of amides is 1. The van der Waals surface area contributed by atoms with Crippen LogP contribution in [0.4, 0.5) is 22.0 Å². The van der Waals surface area contributed by atoms with E-state index in [-0.39, 0.29) is 17.0 Å². The van der Waals surface area contributed by atoms with Crippen LogP contribution in [0.3, 0.4) is 0 Å². The normalized spacial score (nSPS) is 11.9. The van der Waals surface area contributed by atoms with Crippen LogP contribution in [0.5, 0.6) is 0 Å². The molecule has 0 saturated carbocycles. The van der Waals surface area contributed by atoms with Gasteiger partial charge in [0.25, 0.3) is 12.0 Å². The van der Waals surface area contributed by atoms with E-state index in [9.17, 15) is 26.7 Å². The number of benzene rings is 1. The summed E-state index contributed by atoms with van der Waals surface area (Å²) in [6.45, 7) is 1.54. The summed E-state index contributed by atoms with van der Waals surface area (Å²) in [6.07, 6.45) is -0.199. The van der Waals surface area contributed by atoms with Gasteiger partial charge in [0, 0.05) is 17.5 Å². The van der Waals surface area contributed by atoms with Crippen LogP contribution in [0.15, 0.2) is 36.6 Å². The predicted molar refractivity (Wildman–Crippen MR) is 88.4 cm³/mol. The van der Waals surface area contributed by atoms with Gasteiger partial charge in [0.2, 0.25) is 0 Å². The molecule has 138 valence electrons. The third kappa shape index (κ3) is 4.40. The van der Waals surface area contributed by atoms with E-state index in [1.54, 1.807) is 0 Å². The molecule has 9 heteroatoms. The number of aromatic nitrogens is 1. The summed E-state index contributed by atoms with van der Waals surface area (Å²) in [5.74, 6) is -4.78. The average Bonchev–Trinajstić information content (AvgIpc) is 2.57. The molecular weight excluding hydrogens is 375 g/mol. The number of thioether (sulfide) groups is 1. The van der Waals surface area contributed by atoms with E-state index < -0.39 is 40.3 Å². The number of rotatable bonds is 6. The Morgan fingerprint density at radius 2 is 1.92 bits per heavy atom. The molecule has 1 unspecified atom stereocenters. The molecule has 1 atom stereocenters. The third-order valence-electron chi connectivity index (χ3n) is 3.53. The summed E-state index contributed by atoms with van der Waals surface area (Å²) in [7, 11) is 0. The number of nitrogens with zero attached hydrogens (tertiary/aromatic N) is 1. The van der Waals surface area contributed by atoms with Crippen molar-refractivity contribution >= 4 is 17.7 Å². The number of halogens is 5. The summed E-state index contributed by atoms with van der Waals surface area (Å²) in [4.78, 5) is 15.0. The molecule has 0 bridgehead atoms. The van der Waals surface area contributed by atoms with Crippen LogP contribution in [0, 0.1) is 24.4 Å². The Morgan fingerprint density at radius 3 is 2.50 bits per heavy atom. The number of aryl methyl sites for hydroxylation is 1. The minimum atomic E-state index is -1.95. The molecule has 0 aliphatic carbocycles. The highest BCUT2D eigenvalue weighted by Crippen LogP contribution is 2.40. The molecule has 1 heterocycles. The van der Waals surface area contributed by atoms with Crippen molar-refractivity contribution in [2.45, 2.75) is 12.2 Å². The molecule has 1 aromatic heterocycles. The first-order valence-corrected chi connectivity index (χ1v) is 8.29. The summed E-state index contributed by atoms with van der Waals surface area (Å²) in [5, 5.41) is -1.16. The number of primary amides is 1. The Labute approximate surface area is 150 Å². The first-order valence-electron chi connectivity index (χ1n) is 7.24. The Kier molecular flexibility index (Phi) is 6.36. The molecule has 1 aromatic carbocycles. The highest BCUT2D eigenvalue weighted by molar-refractivity contribution is 7.99. The van der Waals surface area contributed by atoms with Crippen LogP contribution in [0.2, 0.25) is 0 Å². The van der Waals surface area contributed by atoms with Gasteiger partial charge in [0.15, 0.2) is 11.6 Å². The molecule has 2 N–H and O–H groups in total. The number of carbonyl (C=O) groups excluding carboxylic acids is 1. The van der Waals surface area contributed by atoms with Gasteiger partial charge in [-0.1, -0.05) is 0 Å². The van der Waals surface area contributed by atoms with Crippen molar-refractivity contribution < 1.29 is 26.7 Å². The van der Waals surface area contributed by atoms with E-state index in [0.29, 0.717) is 17.7 Å². The SMILES string of the molecule is Cc1cc(C(N)=O)ncc1C(SCC=C(F)F)c1c(F)ccc(F)c1F. The minimum absolute atomic E-state index is 0.0649. The van der Waals surface area contributed by atoms with E-state index in [2.05, 4.69) is 4.98 Å². The fourth-order valence-electron chi connectivity index (χ4n) is 2.29. The number of hydrogen-bond acceptors (Lipinski definition) is 3. The van der Waals surface area contributed by atoms with Gasteiger partial charge in [-0.15, -0.1) is 11.8 Å².